The van der Waals surface area contributed by atoms with E-state index in [0.29, 0.717) is 12.8 Å². The van der Waals surface area contributed by atoms with Gasteiger partial charge in [0.1, 0.15) is 0 Å². The van der Waals surface area contributed by atoms with E-state index in [1.165, 1.54) is 0 Å². The zero-order valence-electron chi connectivity index (χ0n) is 6.11. The molecule has 0 saturated heterocycles. The van der Waals surface area contributed by atoms with E-state index < -0.39 is 5.92 Å². The Balaban J connectivity index is 2.31. The van der Waals surface area contributed by atoms with Gasteiger partial charge in [0.15, 0.2) is 0 Å². The van der Waals surface area contributed by atoms with Crippen molar-refractivity contribution in [3.05, 3.63) is 5.32 Å². The number of hydrogen-bond acceptors (Lipinski definition) is 0. The van der Waals surface area contributed by atoms with Crippen molar-refractivity contribution in [2.24, 2.45) is 0 Å². The Morgan fingerprint density at radius 2 is 1.80 bits per heavy atom. The Hall–Kier alpha value is -0.180. The van der Waals surface area contributed by atoms with Crippen molar-refractivity contribution in [1.82, 2.24) is 0 Å². The van der Waals surface area contributed by atoms with E-state index in [0.717, 1.165) is 0 Å². The summed E-state index contributed by atoms with van der Waals surface area (Å²) in [5, 5.41) is 3.98. The Kier molecular flexibility index (Phi) is 2.24. The lowest BCUT2D eigenvalue weighted by Gasteiger charge is -2.35. The molecule has 1 rings (SSSR count). The third-order valence-electron chi connectivity index (χ3n) is 2.05. The highest BCUT2D eigenvalue weighted by Gasteiger charge is 2.31. The number of halogens is 2. The summed E-state index contributed by atoms with van der Waals surface area (Å²) in [6.07, 6.45) is 1.16. The van der Waals surface area contributed by atoms with E-state index in [1.54, 1.807) is 7.05 Å². The Bertz CT molecular complexity index is 104. The van der Waals surface area contributed by atoms with Gasteiger partial charge in [-0.2, -0.15) is 7.05 Å². The smallest absolute Gasteiger partial charge is 0.248 e. The van der Waals surface area contributed by atoms with E-state index in [-0.39, 0.29) is 18.9 Å². The quantitative estimate of drug-likeness (QED) is 0.542. The van der Waals surface area contributed by atoms with Crippen LogP contribution in [-0.2, 0) is 0 Å². The van der Waals surface area contributed by atoms with Crippen LogP contribution in [0.4, 0.5) is 8.78 Å². The average molecular weight is 148 g/mol. The van der Waals surface area contributed by atoms with E-state index in [1.807, 2.05) is 0 Å². The molecule has 0 aromatic heterocycles. The highest BCUT2D eigenvalue weighted by molar-refractivity contribution is 4.92. The minimum absolute atomic E-state index is 0.0228. The van der Waals surface area contributed by atoms with Gasteiger partial charge < -0.3 is 5.32 Å². The normalized spacial score (nSPS) is 26.7. The molecule has 0 aromatic carbocycles. The van der Waals surface area contributed by atoms with Gasteiger partial charge in [0, 0.05) is 12.8 Å². The molecule has 0 heterocycles. The monoisotopic (exact) mass is 148 g/mol. The van der Waals surface area contributed by atoms with Gasteiger partial charge in [-0.3, -0.25) is 0 Å². The Morgan fingerprint density at radius 1 is 1.30 bits per heavy atom. The average Bonchev–Trinajstić information content (AvgIpc) is 1.88. The number of nitrogens with zero attached hydrogens (tertiary/aromatic N) is 1. The van der Waals surface area contributed by atoms with Crippen LogP contribution in [0.2, 0.25) is 0 Å². The SMILES string of the molecule is C[N-]C1CCC(F)(F)CC1. The maximum atomic E-state index is 12.5. The van der Waals surface area contributed by atoms with E-state index in [2.05, 4.69) is 5.32 Å². The van der Waals surface area contributed by atoms with Gasteiger partial charge in [0.05, 0.1) is 0 Å². The van der Waals surface area contributed by atoms with Crippen LogP contribution in [0, 0.1) is 0 Å². The zero-order valence-corrected chi connectivity index (χ0v) is 6.11. The van der Waals surface area contributed by atoms with Crippen molar-refractivity contribution in [3.8, 4) is 0 Å². The predicted molar refractivity (Wildman–Crippen MR) is 36.5 cm³/mol. The summed E-state index contributed by atoms with van der Waals surface area (Å²) in [6.45, 7) is 0. The second-order valence-corrected chi connectivity index (χ2v) is 2.85. The van der Waals surface area contributed by atoms with Crippen LogP contribution in [0.5, 0.6) is 0 Å². The summed E-state index contributed by atoms with van der Waals surface area (Å²) < 4.78 is 24.9. The summed E-state index contributed by atoms with van der Waals surface area (Å²) in [7, 11) is 1.70. The first-order valence-electron chi connectivity index (χ1n) is 3.61. The van der Waals surface area contributed by atoms with Gasteiger partial charge in [0.2, 0.25) is 5.92 Å². The molecule has 1 aliphatic carbocycles. The van der Waals surface area contributed by atoms with Crippen molar-refractivity contribution in [3.63, 3.8) is 0 Å². The summed E-state index contributed by atoms with van der Waals surface area (Å²) >= 11 is 0. The summed E-state index contributed by atoms with van der Waals surface area (Å²) in [6, 6.07) is 0.194. The molecule has 0 aliphatic heterocycles. The third kappa shape index (κ3) is 1.90. The van der Waals surface area contributed by atoms with Crippen molar-refractivity contribution < 1.29 is 8.78 Å². The van der Waals surface area contributed by atoms with Crippen LogP contribution < -0.4 is 0 Å². The van der Waals surface area contributed by atoms with Gasteiger partial charge in [0.25, 0.3) is 0 Å². The van der Waals surface area contributed by atoms with Gasteiger partial charge in [-0.05, 0) is 0 Å². The molecule has 10 heavy (non-hydrogen) atoms. The molecule has 0 spiro atoms. The summed E-state index contributed by atoms with van der Waals surface area (Å²) in [4.78, 5) is 0. The Morgan fingerprint density at radius 3 is 2.20 bits per heavy atom. The van der Waals surface area contributed by atoms with Crippen molar-refractivity contribution in [2.45, 2.75) is 37.6 Å². The van der Waals surface area contributed by atoms with Crippen molar-refractivity contribution in [2.75, 3.05) is 7.05 Å². The maximum Gasteiger partial charge on any atom is 0.248 e. The molecule has 3 heteroatoms. The molecule has 1 fully saturated rings. The number of alkyl halides is 2. The molecule has 1 saturated carbocycles. The molecule has 0 aromatic rings. The molecule has 0 N–H and O–H groups in total. The van der Waals surface area contributed by atoms with Gasteiger partial charge in [-0.25, -0.2) is 8.78 Å². The molecule has 0 radical (unpaired) electrons. The first-order chi connectivity index (χ1) is 4.64. The van der Waals surface area contributed by atoms with Crippen molar-refractivity contribution >= 4 is 0 Å². The molecule has 60 valence electrons. The molecule has 0 bridgehead atoms. The van der Waals surface area contributed by atoms with Gasteiger partial charge in [-0.15, -0.1) is 6.04 Å². The lowest BCUT2D eigenvalue weighted by molar-refractivity contribution is -0.0354. The largest absolute Gasteiger partial charge is 0.662 e. The molecular formula is C7H12F2N-. The molecule has 1 aliphatic rings. The van der Waals surface area contributed by atoms with E-state index in [9.17, 15) is 8.78 Å². The van der Waals surface area contributed by atoms with Crippen LogP contribution in [0.25, 0.3) is 5.32 Å². The second kappa shape index (κ2) is 2.82. The standard InChI is InChI=1S/C7H12F2N/c1-10-6-2-4-7(8,9)5-3-6/h6H,2-5H2,1H3/q-1. The van der Waals surface area contributed by atoms with Crippen LogP contribution in [-0.4, -0.2) is 19.0 Å². The molecular weight excluding hydrogens is 136 g/mol. The minimum Gasteiger partial charge on any atom is -0.662 e. The van der Waals surface area contributed by atoms with Gasteiger partial charge in [-0.1, -0.05) is 12.8 Å². The second-order valence-electron chi connectivity index (χ2n) is 2.85. The van der Waals surface area contributed by atoms with E-state index >= 15 is 0 Å². The molecule has 1 nitrogen and oxygen atoms in total. The first kappa shape index (κ1) is 7.92. The minimum atomic E-state index is -2.40. The molecule has 0 amide bonds. The van der Waals surface area contributed by atoms with Crippen LogP contribution in [0.15, 0.2) is 0 Å². The molecule has 0 unspecified atom stereocenters. The number of hydrogen-bond donors (Lipinski definition) is 0. The zero-order chi connectivity index (χ0) is 7.61. The topological polar surface area (TPSA) is 14.1 Å². The fourth-order valence-corrected chi connectivity index (χ4v) is 1.28. The highest BCUT2D eigenvalue weighted by Crippen LogP contribution is 2.34. The maximum absolute atomic E-state index is 12.5. The first-order valence-corrected chi connectivity index (χ1v) is 3.61. The fraction of sp³-hybridized carbons (Fsp3) is 1.00. The summed E-state index contributed by atoms with van der Waals surface area (Å²) in [5.74, 6) is -2.40. The highest BCUT2D eigenvalue weighted by atomic mass is 19.3. The van der Waals surface area contributed by atoms with Crippen molar-refractivity contribution in [1.29, 1.82) is 0 Å². The predicted octanol–water partition coefficient (Wildman–Crippen LogP) is 2.57. The lowest BCUT2D eigenvalue weighted by Crippen LogP contribution is -2.26. The van der Waals surface area contributed by atoms with Crippen LogP contribution in [0.1, 0.15) is 25.7 Å². The fourth-order valence-electron chi connectivity index (χ4n) is 1.28. The third-order valence-corrected chi connectivity index (χ3v) is 2.05. The van der Waals surface area contributed by atoms with Crippen LogP contribution in [0.3, 0.4) is 0 Å². The summed E-state index contributed by atoms with van der Waals surface area (Å²) in [5.41, 5.74) is 0. The molecule has 0 atom stereocenters. The Labute approximate surface area is 59.8 Å². The lowest BCUT2D eigenvalue weighted by atomic mass is 9.92. The van der Waals surface area contributed by atoms with Crippen LogP contribution >= 0.6 is 0 Å². The van der Waals surface area contributed by atoms with Gasteiger partial charge >= 0.3 is 0 Å². The van der Waals surface area contributed by atoms with E-state index in [4.69, 9.17) is 0 Å². The number of rotatable bonds is 1.